The van der Waals surface area contributed by atoms with Crippen molar-refractivity contribution in [2.45, 2.75) is 48.0 Å². The summed E-state index contributed by atoms with van der Waals surface area (Å²) in [4.78, 5) is 20.5. The Morgan fingerprint density at radius 1 is 1.12 bits per heavy atom. The summed E-state index contributed by atoms with van der Waals surface area (Å²) >= 11 is 0. The molecular weight excluding hydrogens is 208 g/mol. The van der Waals surface area contributed by atoms with Crippen LogP contribution in [0.3, 0.4) is 0 Å². The van der Waals surface area contributed by atoms with Gasteiger partial charge in [0.05, 0.1) is 18.9 Å². The first kappa shape index (κ1) is 20.4. The number of ether oxygens (including phenoxy) is 1. The van der Waals surface area contributed by atoms with Crippen LogP contribution in [0.1, 0.15) is 48.0 Å². The van der Waals surface area contributed by atoms with E-state index in [1.165, 1.54) is 7.11 Å². The third-order valence-electron chi connectivity index (χ3n) is 2.25. The summed E-state index contributed by atoms with van der Waals surface area (Å²) in [6.45, 7) is 7.37. The van der Waals surface area contributed by atoms with Crippen LogP contribution in [-0.4, -0.2) is 24.2 Å². The highest BCUT2D eigenvalue weighted by Gasteiger charge is 2.08. The molecule has 4 nitrogen and oxygen atoms in total. The predicted octanol–water partition coefficient (Wildman–Crippen LogP) is 2.96. The van der Waals surface area contributed by atoms with Crippen LogP contribution in [0.4, 0.5) is 0 Å². The molecule has 16 heavy (non-hydrogen) atoms. The normalized spacial score (nSPS) is 12.3. The van der Waals surface area contributed by atoms with Gasteiger partial charge in [-0.25, -0.2) is 0 Å². The highest BCUT2D eigenvalue weighted by Crippen LogP contribution is 2.00. The summed E-state index contributed by atoms with van der Waals surface area (Å²) in [6.07, 6.45) is 1.57. The van der Waals surface area contributed by atoms with Crippen molar-refractivity contribution in [1.29, 1.82) is 0 Å². The van der Waals surface area contributed by atoms with Crippen molar-refractivity contribution in [3.05, 3.63) is 0 Å². The van der Waals surface area contributed by atoms with Crippen LogP contribution in [0.2, 0.25) is 0 Å². The Labute approximate surface area is 99.0 Å². The van der Waals surface area contributed by atoms with Gasteiger partial charge in [0, 0.05) is 0 Å². The number of esters is 1. The minimum absolute atomic E-state index is 0. The van der Waals surface area contributed by atoms with E-state index >= 15 is 0 Å². The Kier molecular flexibility index (Phi) is 15.3. The molecule has 98 valence electrons. The number of carboxylic acid groups (broad SMARTS) is 1. The second-order valence-electron chi connectivity index (χ2n) is 3.48. The van der Waals surface area contributed by atoms with E-state index in [1.807, 2.05) is 20.8 Å². The van der Waals surface area contributed by atoms with Gasteiger partial charge in [-0.05, 0) is 12.8 Å². The molecule has 0 bridgehead atoms. The van der Waals surface area contributed by atoms with Crippen molar-refractivity contribution in [3.8, 4) is 0 Å². The summed E-state index contributed by atoms with van der Waals surface area (Å²) in [5.74, 6) is -0.949. The second-order valence-corrected chi connectivity index (χ2v) is 3.48. The summed E-state index contributed by atoms with van der Waals surface area (Å²) in [7, 11) is 1.41. The molecule has 0 aliphatic rings. The van der Waals surface area contributed by atoms with E-state index in [-0.39, 0.29) is 25.2 Å². The average Bonchev–Trinajstić information content (AvgIpc) is 2.26. The number of hydrogen-bond acceptors (Lipinski definition) is 3. The van der Waals surface area contributed by atoms with E-state index in [9.17, 15) is 9.59 Å². The van der Waals surface area contributed by atoms with Crippen molar-refractivity contribution in [3.63, 3.8) is 0 Å². The lowest BCUT2D eigenvalue weighted by molar-refractivity contribution is -0.145. The van der Waals surface area contributed by atoms with E-state index < -0.39 is 5.97 Å². The molecule has 0 rings (SSSR count). The highest BCUT2D eigenvalue weighted by molar-refractivity contribution is 5.71. The molecule has 0 aromatic rings. The van der Waals surface area contributed by atoms with E-state index in [2.05, 4.69) is 4.74 Å². The lowest BCUT2D eigenvalue weighted by Gasteiger charge is -2.02. The molecule has 1 N–H and O–H groups in total. The lowest BCUT2D eigenvalue weighted by Crippen LogP contribution is -2.10. The molecule has 0 saturated carbocycles. The number of carbonyl (C=O) groups is 2. The van der Waals surface area contributed by atoms with Gasteiger partial charge in [0.25, 0.3) is 0 Å². The van der Waals surface area contributed by atoms with Gasteiger partial charge in [-0.1, -0.05) is 35.1 Å². The van der Waals surface area contributed by atoms with Gasteiger partial charge in [0.15, 0.2) is 0 Å². The van der Waals surface area contributed by atoms with E-state index in [1.54, 1.807) is 6.92 Å². The lowest BCUT2D eigenvalue weighted by atomic mass is 10.1. The van der Waals surface area contributed by atoms with Crippen molar-refractivity contribution in [2.24, 2.45) is 11.8 Å². The number of carbonyl (C=O) groups excluding carboxylic acids is 1. The minimum Gasteiger partial charge on any atom is -0.481 e. The molecule has 2 atom stereocenters. The third kappa shape index (κ3) is 11.0. The first-order valence-corrected chi connectivity index (χ1v) is 5.21. The average molecular weight is 234 g/mol. The molecule has 0 aromatic heterocycles. The quantitative estimate of drug-likeness (QED) is 0.759. The molecule has 4 heteroatoms. The highest BCUT2D eigenvalue weighted by atomic mass is 16.5. The topological polar surface area (TPSA) is 63.6 Å². The number of aliphatic carboxylic acids is 1. The Balaban J connectivity index is -0.000000200. The third-order valence-corrected chi connectivity index (χ3v) is 2.25. The van der Waals surface area contributed by atoms with Crippen LogP contribution in [-0.2, 0) is 14.3 Å². The van der Waals surface area contributed by atoms with Crippen LogP contribution in [0.25, 0.3) is 0 Å². The number of carboxylic acids is 1. The van der Waals surface area contributed by atoms with Crippen molar-refractivity contribution in [1.82, 2.24) is 0 Å². The fourth-order valence-electron chi connectivity index (χ4n) is 0.542. The maximum absolute atomic E-state index is 10.5. The Morgan fingerprint density at radius 3 is 1.56 bits per heavy atom. The zero-order chi connectivity index (χ0) is 12.4. The summed E-state index contributed by atoms with van der Waals surface area (Å²) in [5.41, 5.74) is 0. The van der Waals surface area contributed by atoms with Gasteiger partial charge in [0.2, 0.25) is 0 Å². The minimum atomic E-state index is -0.706. The molecule has 0 spiro atoms. The van der Waals surface area contributed by atoms with Crippen LogP contribution >= 0.6 is 0 Å². The molecule has 0 aliphatic carbocycles. The summed E-state index contributed by atoms with van der Waals surface area (Å²) in [5, 5.41) is 8.18. The van der Waals surface area contributed by atoms with Crippen LogP contribution < -0.4 is 0 Å². The van der Waals surface area contributed by atoms with E-state index in [0.717, 1.165) is 12.8 Å². The van der Waals surface area contributed by atoms with Crippen LogP contribution in [0, 0.1) is 11.8 Å². The van der Waals surface area contributed by atoms with Crippen molar-refractivity contribution in [2.75, 3.05) is 7.11 Å². The van der Waals surface area contributed by atoms with Gasteiger partial charge in [0.1, 0.15) is 0 Å². The SMILES string of the molecule is C.CC[C@H](C)C(=O)O.CC[C@H](C)C(=O)OC. The monoisotopic (exact) mass is 234 g/mol. The van der Waals surface area contributed by atoms with E-state index in [4.69, 9.17) is 5.11 Å². The fourth-order valence-corrected chi connectivity index (χ4v) is 0.542. The summed E-state index contributed by atoms with van der Waals surface area (Å²) in [6, 6.07) is 0. The Bertz CT molecular complexity index is 189. The molecule has 0 aromatic carbocycles. The van der Waals surface area contributed by atoms with Crippen LogP contribution in [0.15, 0.2) is 0 Å². The summed E-state index contributed by atoms with van der Waals surface area (Å²) < 4.78 is 4.46. The van der Waals surface area contributed by atoms with Gasteiger partial charge >= 0.3 is 11.9 Å². The first-order chi connectivity index (χ1) is 6.90. The smallest absolute Gasteiger partial charge is 0.308 e. The molecule has 0 fully saturated rings. The molecular formula is C12H26O4. The standard InChI is InChI=1S/C6H12O2.C5H10O2.CH4/c1-4-5(2)6(7)8-3;1-3-4(2)5(6)7;/h5H,4H2,1-3H3;4H,3H2,1-2H3,(H,6,7);1H4/t5-;4-;/m00./s1. The number of hydrogen-bond donors (Lipinski definition) is 1. The molecule has 0 unspecified atom stereocenters. The second kappa shape index (κ2) is 12.0. The Morgan fingerprint density at radius 2 is 1.50 bits per heavy atom. The van der Waals surface area contributed by atoms with Gasteiger partial charge in [-0.15, -0.1) is 0 Å². The first-order valence-electron chi connectivity index (χ1n) is 5.21. The van der Waals surface area contributed by atoms with Crippen molar-refractivity contribution >= 4 is 11.9 Å². The number of methoxy groups -OCH3 is 1. The fraction of sp³-hybridized carbons (Fsp3) is 0.833. The van der Waals surface area contributed by atoms with Crippen LogP contribution in [0.5, 0.6) is 0 Å². The molecule has 0 radical (unpaired) electrons. The Hall–Kier alpha value is -1.06. The van der Waals surface area contributed by atoms with Gasteiger partial charge in [-0.2, -0.15) is 0 Å². The zero-order valence-corrected chi connectivity index (χ0v) is 10.2. The number of rotatable bonds is 4. The maximum atomic E-state index is 10.5. The van der Waals surface area contributed by atoms with E-state index in [0.29, 0.717) is 0 Å². The predicted molar refractivity (Wildman–Crippen MR) is 65.3 cm³/mol. The zero-order valence-electron chi connectivity index (χ0n) is 10.2. The molecule has 0 amide bonds. The largest absolute Gasteiger partial charge is 0.481 e. The van der Waals surface area contributed by atoms with Crippen molar-refractivity contribution < 1.29 is 19.4 Å². The molecule has 0 heterocycles. The molecule has 0 saturated heterocycles. The maximum Gasteiger partial charge on any atom is 0.308 e. The molecule has 0 aliphatic heterocycles. The van der Waals surface area contributed by atoms with Gasteiger partial charge < -0.3 is 9.84 Å². The van der Waals surface area contributed by atoms with Gasteiger partial charge in [-0.3, -0.25) is 9.59 Å².